The van der Waals surface area contributed by atoms with Crippen LogP contribution in [0.1, 0.15) is 37.7 Å². The molecule has 1 aromatic rings. The zero-order valence-corrected chi connectivity index (χ0v) is 9.39. The molecular formula is C14H20O. The van der Waals surface area contributed by atoms with Gasteiger partial charge in [-0.15, -0.1) is 0 Å². The molecule has 0 amide bonds. The van der Waals surface area contributed by atoms with E-state index in [1.165, 1.54) is 24.8 Å². The number of unbranched alkanes of at least 4 members (excludes halogenated alkanes) is 1. The van der Waals surface area contributed by atoms with Gasteiger partial charge in [-0.3, -0.25) is 0 Å². The largest absolute Gasteiger partial charge is 0.396 e. The summed E-state index contributed by atoms with van der Waals surface area (Å²) in [5, 5.41) is 9.31. The summed E-state index contributed by atoms with van der Waals surface area (Å²) in [6.45, 7) is 2.59. The van der Waals surface area contributed by atoms with Crippen molar-refractivity contribution in [2.24, 2.45) is 11.8 Å². The van der Waals surface area contributed by atoms with E-state index in [0.717, 1.165) is 5.92 Å². The molecule has 1 fully saturated rings. The molecule has 1 unspecified atom stereocenters. The van der Waals surface area contributed by atoms with Gasteiger partial charge in [-0.05, 0) is 29.7 Å². The van der Waals surface area contributed by atoms with E-state index in [4.69, 9.17) is 0 Å². The first-order chi connectivity index (χ1) is 7.38. The second kappa shape index (κ2) is 4.80. The molecule has 0 bridgehead atoms. The first-order valence-electron chi connectivity index (χ1n) is 6.04. The van der Waals surface area contributed by atoms with Crippen LogP contribution in [0.4, 0.5) is 0 Å². The molecule has 2 rings (SSSR count). The van der Waals surface area contributed by atoms with Crippen molar-refractivity contribution in [2.75, 3.05) is 6.61 Å². The highest BCUT2D eigenvalue weighted by atomic mass is 16.3. The SMILES string of the molecule is CCCCC1[C@H](CO)[C@H]1c1ccccc1. The molecule has 1 nitrogen and oxygen atoms in total. The average Bonchev–Trinajstić information content (AvgIpc) is 3.00. The summed E-state index contributed by atoms with van der Waals surface area (Å²) >= 11 is 0. The molecule has 0 heterocycles. The molecule has 15 heavy (non-hydrogen) atoms. The smallest absolute Gasteiger partial charge is 0.0468 e. The summed E-state index contributed by atoms with van der Waals surface area (Å²) in [6, 6.07) is 10.6. The summed E-state index contributed by atoms with van der Waals surface area (Å²) in [4.78, 5) is 0. The number of hydrogen-bond donors (Lipinski definition) is 1. The van der Waals surface area contributed by atoms with E-state index >= 15 is 0 Å². The van der Waals surface area contributed by atoms with Gasteiger partial charge in [0.2, 0.25) is 0 Å². The highest BCUT2D eigenvalue weighted by Crippen LogP contribution is 2.55. The van der Waals surface area contributed by atoms with Gasteiger partial charge in [-0.2, -0.15) is 0 Å². The van der Waals surface area contributed by atoms with Crippen LogP contribution in [0.2, 0.25) is 0 Å². The van der Waals surface area contributed by atoms with Crippen LogP contribution in [0.5, 0.6) is 0 Å². The number of benzene rings is 1. The summed E-state index contributed by atoms with van der Waals surface area (Å²) in [5.74, 6) is 1.89. The molecule has 1 aliphatic rings. The van der Waals surface area contributed by atoms with Gasteiger partial charge in [-0.25, -0.2) is 0 Å². The summed E-state index contributed by atoms with van der Waals surface area (Å²) in [5.41, 5.74) is 1.41. The van der Waals surface area contributed by atoms with Crippen LogP contribution >= 0.6 is 0 Å². The van der Waals surface area contributed by atoms with Gasteiger partial charge in [-0.1, -0.05) is 50.1 Å². The minimum absolute atomic E-state index is 0.355. The fraction of sp³-hybridized carbons (Fsp3) is 0.571. The topological polar surface area (TPSA) is 20.2 Å². The van der Waals surface area contributed by atoms with Gasteiger partial charge in [0.1, 0.15) is 0 Å². The van der Waals surface area contributed by atoms with Gasteiger partial charge in [0, 0.05) is 6.61 Å². The van der Waals surface area contributed by atoms with Crippen LogP contribution in [0.25, 0.3) is 0 Å². The molecule has 1 aliphatic carbocycles. The zero-order chi connectivity index (χ0) is 10.7. The van der Waals surface area contributed by atoms with E-state index in [9.17, 15) is 5.11 Å². The lowest BCUT2D eigenvalue weighted by Crippen LogP contribution is -1.88. The molecule has 0 spiro atoms. The van der Waals surface area contributed by atoms with Crippen LogP contribution < -0.4 is 0 Å². The standard InChI is InChI=1S/C14H20O/c1-2-3-9-12-13(10-15)14(12)11-7-5-4-6-8-11/h4-8,12-15H,2-3,9-10H2,1H3/t12?,13-,14-/m0/s1. The van der Waals surface area contributed by atoms with Crippen molar-refractivity contribution in [2.45, 2.75) is 32.1 Å². The maximum Gasteiger partial charge on any atom is 0.0468 e. The monoisotopic (exact) mass is 204 g/mol. The van der Waals surface area contributed by atoms with Gasteiger partial charge < -0.3 is 5.11 Å². The van der Waals surface area contributed by atoms with E-state index < -0.39 is 0 Å². The predicted molar refractivity (Wildman–Crippen MR) is 62.8 cm³/mol. The molecule has 1 aromatic carbocycles. The molecule has 0 aliphatic heterocycles. The Morgan fingerprint density at radius 3 is 2.47 bits per heavy atom. The minimum Gasteiger partial charge on any atom is -0.396 e. The second-order valence-electron chi connectivity index (χ2n) is 4.59. The van der Waals surface area contributed by atoms with E-state index in [2.05, 4.69) is 37.3 Å². The summed E-state index contributed by atoms with van der Waals surface area (Å²) in [6.07, 6.45) is 3.84. The predicted octanol–water partition coefficient (Wildman–Crippen LogP) is 3.20. The number of aliphatic hydroxyl groups excluding tert-OH is 1. The van der Waals surface area contributed by atoms with Crippen LogP contribution in [-0.4, -0.2) is 11.7 Å². The van der Waals surface area contributed by atoms with Crippen molar-refractivity contribution in [1.82, 2.24) is 0 Å². The van der Waals surface area contributed by atoms with Crippen LogP contribution in [0.15, 0.2) is 30.3 Å². The molecule has 3 atom stereocenters. The third kappa shape index (κ3) is 2.23. The molecule has 0 aromatic heterocycles. The van der Waals surface area contributed by atoms with Crippen LogP contribution in [-0.2, 0) is 0 Å². The lowest BCUT2D eigenvalue weighted by Gasteiger charge is -1.98. The highest BCUT2D eigenvalue weighted by Gasteiger charge is 2.49. The summed E-state index contributed by atoms with van der Waals surface area (Å²) in [7, 11) is 0. The van der Waals surface area contributed by atoms with Crippen molar-refractivity contribution >= 4 is 0 Å². The van der Waals surface area contributed by atoms with Gasteiger partial charge in [0.05, 0.1) is 0 Å². The average molecular weight is 204 g/mol. The molecule has 82 valence electrons. The third-order valence-corrected chi connectivity index (χ3v) is 3.62. The molecule has 0 saturated heterocycles. The van der Waals surface area contributed by atoms with Crippen molar-refractivity contribution in [3.63, 3.8) is 0 Å². The maximum absolute atomic E-state index is 9.31. The van der Waals surface area contributed by atoms with Crippen molar-refractivity contribution in [1.29, 1.82) is 0 Å². The third-order valence-electron chi connectivity index (χ3n) is 3.62. The Labute approximate surface area is 92.1 Å². The van der Waals surface area contributed by atoms with Crippen molar-refractivity contribution in [3.8, 4) is 0 Å². The fourth-order valence-corrected chi connectivity index (χ4v) is 2.70. The second-order valence-corrected chi connectivity index (χ2v) is 4.59. The lowest BCUT2D eigenvalue weighted by molar-refractivity contribution is 0.265. The van der Waals surface area contributed by atoms with E-state index in [1.54, 1.807) is 0 Å². The maximum atomic E-state index is 9.31. The van der Waals surface area contributed by atoms with Crippen LogP contribution in [0, 0.1) is 11.8 Å². The lowest BCUT2D eigenvalue weighted by atomic mass is 10.1. The minimum atomic E-state index is 0.355. The van der Waals surface area contributed by atoms with Crippen molar-refractivity contribution < 1.29 is 5.11 Å². The molecule has 1 N–H and O–H groups in total. The highest BCUT2D eigenvalue weighted by molar-refractivity contribution is 5.28. The molecular weight excluding hydrogens is 184 g/mol. The van der Waals surface area contributed by atoms with E-state index in [-0.39, 0.29) is 0 Å². The van der Waals surface area contributed by atoms with Gasteiger partial charge in [0.25, 0.3) is 0 Å². The summed E-state index contributed by atoms with van der Waals surface area (Å²) < 4.78 is 0. The Kier molecular flexibility index (Phi) is 3.42. The number of aliphatic hydroxyl groups is 1. The number of hydrogen-bond acceptors (Lipinski definition) is 1. The Morgan fingerprint density at radius 1 is 1.13 bits per heavy atom. The van der Waals surface area contributed by atoms with Crippen molar-refractivity contribution in [3.05, 3.63) is 35.9 Å². The Balaban J connectivity index is 1.99. The van der Waals surface area contributed by atoms with E-state index in [0.29, 0.717) is 18.4 Å². The van der Waals surface area contributed by atoms with Gasteiger partial charge in [0.15, 0.2) is 0 Å². The Bertz CT molecular complexity index is 293. The zero-order valence-electron chi connectivity index (χ0n) is 9.39. The van der Waals surface area contributed by atoms with Gasteiger partial charge >= 0.3 is 0 Å². The van der Waals surface area contributed by atoms with Crippen LogP contribution in [0.3, 0.4) is 0 Å². The molecule has 1 saturated carbocycles. The normalized spacial score (nSPS) is 29.1. The molecule has 1 heteroatoms. The Morgan fingerprint density at radius 2 is 1.87 bits per heavy atom. The Hall–Kier alpha value is -0.820. The van der Waals surface area contributed by atoms with E-state index in [1.807, 2.05) is 0 Å². The number of rotatable bonds is 5. The quantitative estimate of drug-likeness (QED) is 0.781. The fourth-order valence-electron chi connectivity index (χ4n) is 2.70. The first kappa shape index (κ1) is 10.7. The first-order valence-corrected chi connectivity index (χ1v) is 6.04. The molecule has 0 radical (unpaired) electrons.